The molecule has 4 rings (SSSR count). The second-order valence-corrected chi connectivity index (χ2v) is 11.8. The normalized spacial score (nSPS) is 27.5. The summed E-state index contributed by atoms with van der Waals surface area (Å²) in [6, 6.07) is 5.66. The van der Waals surface area contributed by atoms with Crippen LogP contribution in [0.3, 0.4) is 0 Å². The van der Waals surface area contributed by atoms with Crippen molar-refractivity contribution in [2.45, 2.75) is 77.2 Å². The highest BCUT2D eigenvalue weighted by Gasteiger charge is 2.48. The Labute approximate surface area is 213 Å². The number of benzene rings is 1. The van der Waals surface area contributed by atoms with Gasteiger partial charge in [-0.25, -0.2) is 4.39 Å². The summed E-state index contributed by atoms with van der Waals surface area (Å²) in [6.45, 7) is 10.3. The van der Waals surface area contributed by atoms with Gasteiger partial charge in [0.2, 0.25) is 5.91 Å². The standard InChI is InChI=1S/C28H40FN3O4/c1-18(33)32-23(12-19-5-7-21(29)8-6-19)25(34)16-30-24-14-28(9-10-35-17-28)36-26-22(24)11-20(15-31-26)13-27(2,3)4/h5-8,11,22-25,30,34H,9-10,12-17H2,1-4H3,(H,32,33)/t22?,23-,24-,25+,28-/m0/s1. The Hall–Kier alpha value is -2.29. The number of dihydropyridines is 1. The topological polar surface area (TPSA) is 92.2 Å². The summed E-state index contributed by atoms with van der Waals surface area (Å²) in [7, 11) is 0. The van der Waals surface area contributed by atoms with Crippen molar-refractivity contribution in [1.82, 2.24) is 10.6 Å². The van der Waals surface area contributed by atoms with Gasteiger partial charge < -0.3 is 25.2 Å². The zero-order valence-corrected chi connectivity index (χ0v) is 21.9. The molecule has 0 radical (unpaired) electrons. The Balaban J connectivity index is 1.48. The summed E-state index contributed by atoms with van der Waals surface area (Å²) in [4.78, 5) is 16.7. The molecule has 0 saturated carbocycles. The minimum Gasteiger partial charge on any atom is -0.471 e. The molecule has 0 aromatic heterocycles. The third kappa shape index (κ3) is 6.93. The molecule has 3 heterocycles. The molecule has 0 bridgehead atoms. The monoisotopic (exact) mass is 501 g/mol. The number of rotatable bonds is 8. The zero-order valence-electron chi connectivity index (χ0n) is 21.9. The van der Waals surface area contributed by atoms with Crippen molar-refractivity contribution in [3.05, 3.63) is 47.3 Å². The molecule has 2 fully saturated rings. The first-order chi connectivity index (χ1) is 17.0. The fraction of sp³-hybridized carbons (Fsp3) is 0.643. The first-order valence-electron chi connectivity index (χ1n) is 13.0. The number of aliphatic hydroxyl groups is 1. The molecule has 1 amide bonds. The lowest BCUT2D eigenvalue weighted by Gasteiger charge is -2.44. The van der Waals surface area contributed by atoms with Crippen LogP contribution in [0.15, 0.2) is 40.9 Å². The maximum absolute atomic E-state index is 13.3. The van der Waals surface area contributed by atoms with Gasteiger partial charge in [-0.1, -0.05) is 44.6 Å². The summed E-state index contributed by atoms with van der Waals surface area (Å²) < 4.78 is 25.5. The fourth-order valence-electron chi connectivity index (χ4n) is 5.50. The Morgan fingerprint density at radius 3 is 2.69 bits per heavy atom. The maximum Gasteiger partial charge on any atom is 0.217 e. The van der Waals surface area contributed by atoms with Gasteiger partial charge in [0, 0.05) is 32.4 Å². The van der Waals surface area contributed by atoms with Crippen molar-refractivity contribution in [3.8, 4) is 0 Å². The maximum atomic E-state index is 13.3. The molecule has 1 spiro atoms. The van der Waals surface area contributed by atoms with E-state index in [4.69, 9.17) is 14.5 Å². The minimum absolute atomic E-state index is 0.00848. The average Bonchev–Trinajstić information content (AvgIpc) is 3.24. The van der Waals surface area contributed by atoms with Crippen LogP contribution in [0.1, 0.15) is 52.5 Å². The first kappa shape index (κ1) is 26.8. The molecule has 1 aromatic carbocycles. The SMILES string of the molecule is CC(=O)N[C@@H](Cc1ccc(F)cc1)[C@H](O)CN[C@H]1C[C@]2(CCOC2)OC2=NCC(CC(C)(C)C)=CC21. The van der Waals surface area contributed by atoms with Crippen LogP contribution >= 0.6 is 0 Å². The van der Waals surface area contributed by atoms with Gasteiger partial charge in [0.15, 0.2) is 5.90 Å². The van der Waals surface area contributed by atoms with E-state index in [2.05, 4.69) is 37.5 Å². The van der Waals surface area contributed by atoms with Gasteiger partial charge in [0.25, 0.3) is 0 Å². The molecule has 7 nitrogen and oxygen atoms in total. The molecule has 3 N–H and O–H groups in total. The summed E-state index contributed by atoms with van der Waals surface area (Å²) in [5.74, 6) is 0.211. The molecule has 36 heavy (non-hydrogen) atoms. The van der Waals surface area contributed by atoms with Crippen LogP contribution in [-0.4, -0.2) is 67.0 Å². The quantitative estimate of drug-likeness (QED) is 0.476. The van der Waals surface area contributed by atoms with Gasteiger partial charge in [-0.05, 0) is 36.0 Å². The molecule has 3 aliphatic heterocycles. The number of amides is 1. The van der Waals surface area contributed by atoms with Crippen molar-refractivity contribution < 1.29 is 23.8 Å². The van der Waals surface area contributed by atoms with Gasteiger partial charge >= 0.3 is 0 Å². The molecule has 1 unspecified atom stereocenters. The van der Waals surface area contributed by atoms with Gasteiger partial charge in [0.1, 0.15) is 11.4 Å². The average molecular weight is 502 g/mol. The van der Waals surface area contributed by atoms with E-state index in [9.17, 15) is 14.3 Å². The minimum atomic E-state index is -0.834. The third-order valence-corrected chi connectivity index (χ3v) is 7.12. The van der Waals surface area contributed by atoms with Crippen LogP contribution in [0.4, 0.5) is 4.39 Å². The molecular weight excluding hydrogens is 461 g/mol. The molecule has 3 aliphatic rings. The van der Waals surface area contributed by atoms with E-state index in [1.807, 2.05) is 0 Å². The fourth-order valence-corrected chi connectivity index (χ4v) is 5.50. The van der Waals surface area contributed by atoms with Crippen LogP contribution in [0.25, 0.3) is 0 Å². The number of fused-ring (bicyclic) bond motifs is 1. The highest BCUT2D eigenvalue weighted by molar-refractivity contribution is 5.84. The van der Waals surface area contributed by atoms with Crippen LogP contribution in [0.5, 0.6) is 0 Å². The van der Waals surface area contributed by atoms with Gasteiger partial charge in [-0.2, -0.15) is 0 Å². The van der Waals surface area contributed by atoms with E-state index < -0.39 is 17.7 Å². The molecule has 198 valence electrons. The smallest absolute Gasteiger partial charge is 0.217 e. The first-order valence-corrected chi connectivity index (χ1v) is 13.0. The predicted octanol–water partition coefficient (Wildman–Crippen LogP) is 3.16. The lowest BCUT2D eigenvalue weighted by atomic mass is 9.79. The van der Waals surface area contributed by atoms with E-state index in [0.717, 1.165) is 30.7 Å². The molecule has 8 heteroatoms. The number of ether oxygens (including phenoxy) is 2. The van der Waals surface area contributed by atoms with E-state index >= 15 is 0 Å². The summed E-state index contributed by atoms with van der Waals surface area (Å²) >= 11 is 0. The van der Waals surface area contributed by atoms with E-state index in [1.165, 1.54) is 24.6 Å². The predicted molar refractivity (Wildman–Crippen MR) is 137 cm³/mol. The molecule has 1 aromatic rings. The molecular formula is C28H40FN3O4. The number of carbonyl (C=O) groups is 1. The summed E-state index contributed by atoms with van der Waals surface area (Å²) in [5.41, 5.74) is 1.93. The van der Waals surface area contributed by atoms with E-state index in [-0.39, 0.29) is 29.1 Å². The number of aliphatic imine (C=N–C) groups is 1. The number of halogens is 1. The Bertz CT molecular complexity index is 980. The number of nitrogens with one attached hydrogen (secondary N) is 2. The van der Waals surface area contributed by atoms with Gasteiger partial charge in [-0.3, -0.25) is 9.79 Å². The Morgan fingerprint density at radius 1 is 1.31 bits per heavy atom. The summed E-state index contributed by atoms with van der Waals surface area (Å²) in [5, 5.41) is 17.6. The largest absolute Gasteiger partial charge is 0.471 e. The Morgan fingerprint density at radius 2 is 2.06 bits per heavy atom. The third-order valence-electron chi connectivity index (χ3n) is 7.12. The van der Waals surface area contributed by atoms with E-state index in [0.29, 0.717) is 32.7 Å². The summed E-state index contributed by atoms with van der Waals surface area (Å²) in [6.07, 6.45) is 4.40. The lowest BCUT2D eigenvalue weighted by molar-refractivity contribution is -0.120. The van der Waals surface area contributed by atoms with Gasteiger partial charge in [0.05, 0.1) is 37.8 Å². The van der Waals surface area contributed by atoms with E-state index in [1.54, 1.807) is 12.1 Å². The van der Waals surface area contributed by atoms with Gasteiger partial charge in [-0.15, -0.1) is 0 Å². The van der Waals surface area contributed by atoms with Crippen LogP contribution < -0.4 is 10.6 Å². The van der Waals surface area contributed by atoms with Crippen molar-refractivity contribution in [3.63, 3.8) is 0 Å². The lowest BCUT2D eigenvalue weighted by Crippen LogP contribution is -2.57. The molecule has 2 saturated heterocycles. The van der Waals surface area contributed by atoms with Crippen LogP contribution in [-0.2, 0) is 20.7 Å². The van der Waals surface area contributed by atoms with Crippen molar-refractivity contribution in [1.29, 1.82) is 0 Å². The number of carbonyl (C=O) groups excluding carboxylic acids is 1. The second-order valence-electron chi connectivity index (χ2n) is 11.8. The molecule has 5 atom stereocenters. The van der Waals surface area contributed by atoms with Crippen LogP contribution in [0.2, 0.25) is 0 Å². The highest BCUT2D eigenvalue weighted by Crippen LogP contribution is 2.39. The number of aliphatic hydroxyl groups excluding tert-OH is 1. The Kier molecular flexibility index (Phi) is 8.17. The highest BCUT2D eigenvalue weighted by atomic mass is 19.1. The molecule has 0 aliphatic carbocycles. The van der Waals surface area contributed by atoms with Crippen molar-refractivity contribution in [2.24, 2.45) is 16.3 Å². The van der Waals surface area contributed by atoms with Crippen molar-refractivity contribution in [2.75, 3.05) is 26.3 Å². The number of hydrogen-bond donors (Lipinski definition) is 3. The number of hydrogen-bond acceptors (Lipinski definition) is 6. The zero-order chi connectivity index (χ0) is 25.9. The second kappa shape index (κ2) is 11.0. The van der Waals surface area contributed by atoms with Crippen LogP contribution in [0, 0.1) is 17.2 Å². The van der Waals surface area contributed by atoms with Crippen molar-refractivity contribution >= 4 is 11.8 Å². The number of nitrogens with zero attached hydrogens (tertiary/aromatic N) is 1.